The molecule has 0 bridgehead atoms. The van der Waals surface area contributed by atoms with Gasteiger partial charge >= 0.3 is 0 Å². The van der Waals surface area contributed by atoms with E-state index in [0.29, 0.717) is 28.0 Å². The zero-order chi connectivity index (χ0) is 13.0. The Balaban J connectivity index is 2.08. The highest BCUT2D eigenvalue weighted by Gasteiger charge is 2.03. The first kappa shape index (κ1) is 12.9. The van der Waals surface area contributed by atoms with Gasteiger partial charge < -0.3 is 4.74 Å². The minimum Gasteiger partial charge on any atom is -0.489 e. The van der Waals surface area contributed by atoms with Gasteiger partial charge in [0.05, 0.1) is 0 Å². The molecule has 2 aromatic rings. The first-order chi connectivity index (χ1) is 8.69. The largest absolute Gasteiger partial charge is 0.489 e. The summed E-state index contributed by atoms with van der Waals surface area (Å²) in [6.07, 6.45) is 0.749. The van der Waals surface area contributed by atoms with Crippen LogP contribution in [0.2, 0.25) is 10.0 Å². The Bertz CT molecular complexity index is 567. The number of carbonyl (C=O) groups is 1. The van der Waals surface area contributed by atoms with Crippen molar-refractivity contribution in [2.75, 3.05) is 0 Å². The Morgan fingerprint density at radius 2 is 2.06 bits per heavy atom. The minimum atomic E-state index is 0.312. The van der Waals surface area contributed by atoms with Gasteiger partial charge in [0, 0.05) is 21.2 Å². The molecule has 18 heavy (non-hydrogen) atoms. The number of benzene rings is 2. The van der Waals surface area contributed by atoms with E-state index in [4.69, 9.17) is 27.9 Å². The van der Waals surface area contributed by atoms with Crippen LogP contribution in [0.5, 0.6) is 5.75 Å². The number of hydrogen-bond acceptors (Lipinski definition) is 2. The van der Waals surface area contributed by atoms with Gasteiger partial charge in [-0.15, -0.1) is 0 Å². The van der Waals surface area contributed by atoms with Crippen LogP contribution in [0.4, 0.5) is 0 Å². The third-order valence-corrected chi connectivity index (χ3v) is 2.92. The fourth-order valence-corrected chi connectivity index (χ4v) is 1.88. The van der Waals surface area contributed by atoms with Crippen LogP contribution in [0, 0.1) is 6.07 Å². The lowest BCUT2D eigenvalue weighted by Crippen LogP contribution is -1.96. The lowest BCUT2D eigenvalue weighted by atomic mass is 10.2. The molecule has 0 aliphatic heterocycles. The zero-order valence-corrected chi connectivity index (χ0v) is 10.8. The molecule has 0 saturated carbocycles. The summed E-state index contributed by atoms with van der Waals surface area (Å²) in [6, 6.07) is 12.9. The van der Waals surface area contributed by atoms with Gasteiger partial charge in [0.2, 0.25) is 0 Å². The molecule has 4 heteroatoms. The number of hydrogen-bond donors (Lipinski definition) is 0. The first-order valence-corrected chi connectivity index (χ1v) is 5.97. The Kier molecular flexibility index (Phi) is 4.24. The maximum atomic E-state index is 10.6. The first-order valence-electron chi connectivity index (χ1n) is 5.22. The molecule has 2 aromatic carbocycles. The third kappa shape index (κ3) is 3.25. The molecule has 1 radical (unpaired) electrons. The van der Waals surface area contributed by atoms with Crippen molar-refractivity contribution in [3.05, 3.63) is 63.6 Å². The molecule has 0 spiro atoms. The van der Waals surface area contributed by atoms with E-state index in [-0.39, 0.29) is 0 Å². The molecule has 0 aliphatic rings. The summed E-state index contributed by atoms with van der Waals surface area (Å²) in [5, 5.41) is 1.14. The molecule has 0 aliphatic carbocycles. The molecule has 0 atom stereocenters. The average Bonchev–Trinajstić information content (AvgIpc) is 2.38. The van der Waals surface area contributed by atoms with E-state index in [1.165, 1.54) is 0 Å². The number of carbonyl (C=O) groups excluding carboxylic acids is 1. The van der Waals surface area contributed by atoms with Crippen LogP contribution in [0.3, 0.4) is 0 Å². The second kappa shape index (κ2) is 5.89. The quantitative estimate of drug-likeness (QED) is 0.785. The molecule has 2 rings (SSSR count). The number of ether oxygens (including phenoxy) is 1. The minimum absolute atomic E-state index is 0.312. The van der Waals surface area contributed by atoms with Crippen LogP contribution >= 0.6 is 23.2 Å². The van der Waals surface area contributed by atoms with Gasteiger partial charge in [-0.3, -0.25) is 4.79 Å². The molecular formula is C14H9Cl2O2. The van der Waals surface area contributed by atoms with Crippen molar-refractivity contribution in [2.45, 2.75) is 6.61 Å². The second-order valence-electron chi connectivity index (χ2n) is 3.64. The highest BCUT2D eigenvalue weighted by Crippen LogP contribution is 2.22. The third-order valence-electron chi connectivity index (χ3n) is 2.33. The number of rotatable bonds is 4. The van der Waals surface area contributed by atoms with Crippen LogP contribution < -0.4 is 4.74 Å². The van der Waals surface area contributed by atoms with E-state index in [2.05, 4.69) is 6.07 Å². The van der Waals surface area contributed by atoms with E-state index in [1.54, 1.807) is 36.4 Å². The topological polar surface area (TPSA) is 26.3 Å². The average molecular weight is 280 g/mol. The second-order valence-corrected chi connectivity index (χ2v) is 4.49. The van der Waals surface area contributed by atoms with Crippen LogP contribution in [-0.2, 0) is 6.61 Å². The molecular weight excluding hydrogens is 271 g/mol. The van der Waals surface area contributed by atoms with Gasteiger partial charge in [-0.2, -0.15) is 0 Å². The maximum absolute atomic E-state index is 10.6. The van der Waals surface area contributed by atoms with Crippen molar-refractivity contribution in [3.63, 3.8) is 0 Å². The molecule has 0 fully saturated rings. The smallest absolute Gasteiger partial charge is 0.150 e. The van der Waals surface area contributed by atoms with Crippen LogP contribution in [0.1, 0.15) is 15.9 Å². The standard InChI is InChI=1S/C14H9Cl2O2/c15-12-5-4-11(14(16)7-12)9-18-13-3-1-2-10(6-13)8-17/h2-8H,9H2. The normalized spacial score (nSPS) is 10.1. The Labute approximate surface area is 115 Å². The molecule has 0 N–H and O–H groups in total. The molecule has 0 amide bonds. The van der Waals surface area contributed by atoms with Crippen molar-refractivity contribution in [1.29, 1.82) is 0 Å². The summed E-state index contributed by atoms with van der Waals surface area (Å²) in [5.41, 5.74) is 1.35. The summed E-state index contributed by atoms with van der Waals surface area (Å²) >= 11 is 11.8. The fraction of sp³-hybridized carbons (Fsp3) is 0.0714. The Morgan fingerprint density at radius 3 is 2.78 bits per heavy atom. The van der Waals surface area contributed by atoms with E-state index in [0.717, 1.165) is 11.8 Å². The van der Waals surface area contributed by atoms with Gasteiger partial charge in [0.1, 0.15) is 18.6 Å². The Morgan fingerprint density at radius 1 is 1.22 bits per heavy atom. The van der Waals surface area contributed by atoms with Crippen molar-refractivity contribution >= 4 is 29.5 Å². The summed E-state index contributed by atoms with van der Waals surface area (Å²) in [4.78, 5) is 10.6. The van der Waals surface area contributed by atoms with E-state index < -0.39 is 0 Å². The monoisotopic (exact) mass is 279 g/mol. The van der Waals surface area contributed by atoms with E-state index >= 15 is 0 Å². The van der Waals surface area contributed by atoms with Crippen LogP contribution in [0.15, 0.2) is 36.4 Å². The van der Waals surface area contributed by atoms with Crippen molar-refractivity contribution < 1.29 is 9.53 Å². The molecule has 2 nitrogen and oxygen atoms in total. The maximum Gasteiger partial charge on any atom is 0.150 e. The SMILES string of the molecule is O=Cc1c[c]cc(OCc2ccc(Cl)cc2Cl)c1. The van der Waals surface area contributed by atoms with Crippen molar-refractivity contribution in [2.24, 2.45) is 0 Å². The predicted octanol–water partition coefficient (Wildman–Crippen LogP) is 4.19. The summed E-state index contributed by atoms with van der Waals surface area (Å²) in [7, 11) is 0. The van der Waals surface area contributed by atoms with E-state index in [1.807, 2.05) is 0 Å². The molecule has 0 heterocycles. The van der Waals surface area contributed by atoms with Crippen LogP contribution in [0.25, 0.3) is 0 Å². The van der Waals surface area contributed by atoms with Crippen molar-refractivity contribution in [3.8, 4) is 5.75 Å². The zero-order valence-electron chi connectivity index (χ0n) is 9.32. The molecule has 0 aromatic heterocycles. The number of halogens is 2. The molecule has 0 unspecified atom stereocenters. The summed E-state index contributed by atoms with van der Waals surface area (Å²) in [6.45, 7) is 0.312. The van der Waals surface area contributed by atoms with Gasteiger partial charge in [-0.1, -0.05) is 29.3 Å². The van der Waals surface area contributed by atoms with Gasteiger partial charge in [-0.25, -0.2) is 0 Å². The molecule has 91 valence electrons. The van der Waals surface area contributed by atoms with E-state index in [9.17, 15) is 4.79 Å². The van der Waals surface area contributed by atoms with Crippen molar-refractivity contribution in [1.82, 2.24) is 0 Å². The highest BCUT2D eigenvalue weighted by molar-refractivity contribution is 6.35. The summed E-state index contributed by atoms with van der Waals surface area (Å²) < 4.78 is 5.54. The van der Waals surface area contributed by atoms with Gasteiger partial charge in [0.25, 0.3) is 0 Å². The summed E-state index contributed by atoms with van der Waals surface area (Å²) in [5.74, 6) is 0.575. The predicted molar refractivity (Wildman–Crippen MR) is 71.5 cm³/mol. The van der Waals surface area contributed by atoms with Gasteiger partial charge in [-0.05, 0) is 36.4 Å². The highest BCUT2D eigenvalue weighted by atomic mass is 35.5. The van der Waals surface area contributed by atoms with Gasteiger partial charge in [0.15, 0.2) is 0 Å². The Hall–Kier alpha value is -1.51. The van der Waals surface area contributed by atoms with Crippen LogP contribution in [-0.4, -0.2) is 6.29 Å². The lowest BCUT2D eigenvalue weighted by Gasteiger charge is -2.08. The number of aldehydes is 1. The molecule has 0 saturated heterocycles. The lowest BCUT2D eigenvalue weighted by molar-refractivity contribution is 0.112. The fourth-order valence-electron chi connectivity index (χ4n) is 1.42.